The Morgan fingerprint density at radius 1 is 1.13 bits per heavy atom. The van der Waals surface area contributed by atoms with E-state index in [0.29, 0.717) is 28.3 Å². The zero-order valence-electron chi connectivity index (χ0n) is 17.3. The van der Waals surface area contributed by atoms with Gasteiger partial charge in [0.15, 0.2) is 16.6 Å². The molecule has 6 nitrogen and oxygen atoms in total. The topological polar surface area (TPSA) is 64.8 Å². The molecule has 2 aromatic carbocycles. The summed E-state index contributed by atoms with van der Waals surface area (Å²) in [4.78, 5) is 20.1. The molecule has 0 saturated heterocycles. The smallest absolute Gasteiger partial charge is 0.273 e. The van der Waals surface area contributed by atoms with Gasteiger partial charge in [0.1, 0.15) is 12.4 Å². The van der Waals surface area contributed by atoms with Crippen molar-refractivity contribution in [3.05, 3.63) is 72.2 Å². The van der Waals surface area contributed by atoms with Gasteiger partial charge in [-0.1, -0.05) is 49.4 Å². The van der Waals surface area contributed by atoms with Crippen molar-refractivity contribution in [1.82, 2.24) is 4.98 Å². The molecule has 0 saturated carbocycles. The van der Waals surface area contributed by atoms with Crippen molar-refractivity contribution >= 4 is 32.6 Å². The summed E-state index contributed by atoms with van der Waals surface area (Å²) in [5.74, 6) is 2.01. The van der Waals surface area contributed by atoms with E-state index in [2.05, 4.69) is 19.9 Å². The lowest BCUT2D eigenvalue weighted by Gasteiger charge is -2.29. The number of thiazole rings is 1. The molecule has 0 N–H and O–H groups in total. The van der Waals surface area contributed by atoms with Crippen LogP contribution in [0.1, 0.15) is 31.1 Å². The van der Waals surface area contributed by atoms with E-state index in [9.17, 15) is 4.79 Å². The number of amides is 1. The highest BCUT2D eigenvalue weighted by molar-refractivity contribution is 7.22. The van der Waals surface area contributed by atoms with Gasteiger partial charge in [0.05, 0.1) is 23.0 Å². The van der Waals surface area contributed by atoms with Crippen LogP contribution in [0.25, 0.3) is 10.2 Å². The molecule has 1 unspecified atom stereocenters. The Kier molecular flexibility index (Phi) is 5.11. The van der Waals surface area contributed by atoms with Gasteiger partial charge in [-0.05, 0) is 41.8 Å². The molecular weight excluding hydrogens is 412 g/mol. The third kappa shape index (κ3) is 3.77. The van der Waals surface area contributed by atoms with E-state index in [1.807, 2.05) is 42.5 Å². The minimum Gasteiger partial charge on any atom is -0.485 e. The van der Waals surface area contributed by atoms with Crippen LogP contribution >= 0.6 is 11.3 Å². The maximum absolute atomic E-state index is 13.6. The predicted octanol–water partition coefficient (Wildman–Crippen LogP) is 5.39. The number of para-hydroxylation sites is 3. The number of anilines is 1. The lowest BCUT2D eigenvalue weighted by atomic mass is 10.0. The first-order valence-corrected chi connectivity index (χ1v) is 11.0. The van der Waals surface area contributed by atoms with Crippen molar-refractivity contribution in [2.45, 2.75) is 32.4 Å². The maximum Gasteiger partial charge on any atom is 0.273 e. The molecule has 7 heteroatoms. The Morgan fingerprint density at radius 3 is 2.74 bits per heavy atom. The number of carbonyl (C=O) groups is 1. The highest BCUT2D eigenvalue weighted by atomic mass is 32.1. The monoisotopic (exact) mass is 434 g/mol. The van der Waals surface area contributed by atoms with Gasteiger partial charge in [-0.25, -0.2) is 4.98 Å². The fraction of sp³-hybridized carbons (Fsp3) is 0.250. The van der Waals surface area contributed by atoms with Crippen molar-refractivity contribution in [2.75, 3.05) is 11.5 Å². The number of furan rings is 1. The normalized spacial score (nSPS) is 15.4. The van der Waals surface area contributed by atoms with Crippen LogP contribution in [0.5, 0.6) is 11.5 Å². The Hall–Kier alpha value is -3.32. The first kappa shape index (κ1) is 19.6. The number of nitrogens with zero attached hydrogens (tertiary/aromatic N) is 2. The standard InChI is InChI=1S/C24H22N2O4S/c1-15(2)17-8-5-11-21-22(17)25-24(31-21)26(13-16-7-6-12-28-16)23(27)20-14-29-18-9-3-4-10-19(18)30-20/h3-12,15,20H,13-14H2,1-2H3. The van der Waals surface area contributed by atoms with Gasteiger partial charge in [0.25, 0.3) is 5.91 Å². The maximum atomic E-state index is 13.6. The fourth-order valence-electron chi connectivity index (χ4n) is 3.65. The highest BCUT2D eigenvalue weighted by Gasteiger charge is 2.34. The van der Waals surface area contributed by atoms with Crippen molar-refractivity contribution in [3.63, 3.8) is 0 Å². The average molecular weight is 435 g/mol. The van der Waals surface area contributed by atoms with Gasteiger partial charge in [0.2, 0.25) is 6.10 Å². The molecule has 1 amide bonds. The van der Waals surface area contributed by atoms with Crippen LogP contribution in [0.2, 0.25) is 0 Å². The van der Waals surface area contributed by atoms with Crippen molar-refractivity contribution in [2.24, 2.45) is 0 Å². The van der Waals surface area contributed by atoms with E-state index in [-0.39, 0.29) is 19.1 Å². The number of hydrogen-bond donors (Lipinski definition) is 0. The minimum absolute atomic E-state index is 0.145. The SMILES string of the molecule is CC(C)c1cccc2sc(N(Cc3ccco3)C(=O)C3COc4ccccc4O3)nc12. The lowest BCUT2D eigenvalue weighted by Crippen LogP contribution is -2.46. The van der Waals surface area contributed by atoms with E-state index >= 15 is 0 Å². The molecule has 2 aromatic heterocycles. The molecule has 0 bridgehead atoms. The summed E-state index contributed by atoms with van der Waals surface area (Å²) >= 11 is 1.49. The number of aromatic nitrogens is 1. The van der Waals surface area contributed by atoms with Gasteiger partial charge in [-0.3, -0.25) is 9.69 Å². The fourth-order valence-corrected chi connectivity index (χ4v) is 4.66. The average Bonchev–Trinajstić information content (AvgIpc) is 3.45. The number of carbonyl (C=O) groups excluding carboxylic acids is 1. The van der Waals surface area contributed by atoms with Gasteiger partial charge in [0, 0.05) is 0 Å². The molecule has 5 rings (SSSR count). The first-order valence-electron chi connectivity index (χ1n) is 10.2. The van der Waals surface area contributed by atoms with Crippen molar-refractivity contribution in [3.8, 4) is 11.5 Å². The van der Waals surface area contributed by atoms with E-state index in [1.54, 1.807) is 17.2 Å². The summed E-state index contributed by atoms with van der Waals surface area (Å²) in [5, 5.41) is 0.618. The van der Waals surface area contributed by atoms with Crippen LogP contribution in [0.15, 0.2) is 65.3 Å². The first-order chi connectivity index (χ1) is 15.1. The second-order valence-corrected chi connectivity index (χ2v) is 8.72. The third-order valence-corrected chi connectivity index (χ3v) is 6.28. The molecule has 3 heterocycles. The zero-order chi connectivity index (χ0) is 21.4. The summed E-state index contributed by atoms with van der Waals surface area (Å²) in [5.41, 5.74) is 2.09. The van der Waals surface area contributed by atoms with Crippen molar-refractivity contribution < 1.29 is 18.7 Å². The molecule has 4 aromatic rings. The van der Waals surface area contributed by atoms with Gasteiger partial charge in [-0.15, -0.1) is 0 Å². The quantitative estimate of drug-likeness (QED) is 0.422. The van der Waals surface area contributed by atoms with E-state index < -0.39 is 6.10 Å². The lowest BCUT2D eigenvalue weighted by molar-refractivity contribution is -0.127. The Balaban J connectivity index is 1.51. The van der Waals surface area contributed by atoms with E-state index in [4.69, 9.17) is 18.9 Å². The number of hydrogen-bond acceptors (Lipinski definition) is 6. The van der Waals surface area contributed by atoms with Gasteiger partial charge >= 0.3 is 0 Å². The molecule has 1 aliphatic heterocycles. The molecule has 0 aliphatic carbocycles. The minimum atomic E-state index is -0.763. The van der Waals surface area contributed by atoms with Gasteiger partial charge in [-0.2, -0.15) is 0 Å². The molecule has 0 radical (unpaired) electrons. The van der Waals surface area contributed by atoms with Crippen LogP contribution in [0.4, 0.5) is 5.13 Å². The summed E-state index contributed by atoms with van der Waals surface area (Å²) in [6.07, 6.45) is 0.838. The van der Waals surface area contributed by atoms with Crippen molar-refractivity contribution in [1.29, 1.82) is 0 Å². The van der Waals surface area contributed by atoms with E-state index in [0.717, 1.165) is 15.8 Å². The van der Waals surface area contributed by atoms with Crippen LogP contribution in [-0.4, -0.2) is 23.6 Å². The van der Waals surface area contributed by atoms with Crippen LogP contribution in [-0.2, 0) is 11.3 Å². The van der Waals surface area contributed by atoms with Crippen LogP contribution in [0, 0.1) is 0 Å². The Bertz CT molecular complexity index is 1220. The van der Waals surface area contributed by atoms with E-state index in [1.165, 1.54) is 11.3 Å². The van der Waals surface area contributed by atoms with Gasteiger partial charge < -0.3 is 13.9 Å². The molecule has 158 valence electrons. The number of benzene rings is 2. The highest BCUT2D eigenvalue weighted by Crippen LogP contribution is 2.36. The van der Waals surface area contributed by atoms with Crippen LogP contribution in [0.3, 0.4) is 0 Å². The molecular formula is C24H22N2O4S. The van der Waals surface area contributed by atoms with Crippen LogP contribution < -0.4 is 14.4 Å². The number of ether oxygens (including phenoxy) is 2. The molecule has 31 heavy (non-hydrogen) atoms. The largest absolute Gasteiger partial charge is 0.485 e. The molecule has 0 fully saturated rings. The Morgan fingerprint density at radius 2 is 1.97 bits per heavy atom. The predicted molar refractivity (Wildman–Crippen MR) is 120 cm³/mol. The summed E-state index contributed by atoms with van der Waals surface area (Å²) in [7, 11) is 0. The number of fused-ring (bicyclic) bond motifs is 2. The molecule has 1 aliphatic rings. The Labute approximate surface area is 184 Å². The zero-order valence-corrected chi connectivity index (χ0v) is 18.1. The summed E-state index contributed by atoms with van der Waals surface area (Å²) < 4.78 is 18.3. The molecule has 1 atom stereocenters. The molecule has 0 spiro atoms. The summed E-state index contributed by atoms with van der Waals surface area (Å²) in [6, 6.07) is 17.2. The summed E-state index contributed by atoms with van der Waals surface area (Å²) in [6.45, 7) is 4.70. The second-order valence-electron chi connectivity index (χ2n) is 7.71. The number of rotatable bonds is 5. The second kappa shape index (κ2) is 8.07. The third-order valence-electron chi connectivity index (χ3n) is 5.24.